The van der Waals surface area contributed by atoms with Gasteiger partial charge in [-0.3, -0.25) is 14.2 Å². The zero-order valence-corrected chi connectivity index (χ0v) is 20.9. The van der Waals surface area contributed by atoms with Gasteiger partial charge in [-0.2, -0.15) is 0 Å². The summed E-state index contributed by atoms with van der Waals surface area (Å²) < 4.78 is 2.76. The molecule has 0 N–H and O–H groups in total. The molecule has 1 aliphatic carbocycles. The first kappa shape index (κ1) is 23.3. The van der Waals surface area contributed by atoms with Crippen LogP contribution in [0.15, 0.2) is 64.2 Å². The number of fused-ring (bicyclic) bond motifs is 3. The Bertz CT molecular complexity index is 1500. The highest BCUT2D eigenvalue weighted by atomic mass is 32.1. The largest absolute Gasteiger partial charge is 0.337 e. The molecule has 1 amide bonds. The van der Waals surface area contributed by atoms with Gasteiger partial charge in [0.05, 0.1) is 11.1 Å². The van der Waals surface area contributed by atoms with E-state index in [4.69, 9.17) is 0 Å². The van der Waals surface area contributed by atoms with Gasteiger partial charge in [0.15, 0.2) is 0 Å². The molecule has 0 unspecified atom stereocenters. The molecule has 0 bridgehead atoms. The summed E-state index contributed by atoms with van der Waals surface area (Å²) in [5.41, 5.74) is 3.01. The van der Waals surface area contributed by atoms with E-state index in [9.17, 15) is 14.4 Å². The summed E-state index contributed by atoms with van der Waals surface area (Å²) in [4.78, 5) is 44.4. The highest BCUT2D eigenvalue weighted by Gasteiger charge is 2.26. The average molecular weight is 488 g/mol. The molecule has 0 atom stereocenters. The van der Waals surface area contributed by atoms with Crippen molar-refractivity contribution < 1.29 is 4.79 Å². The quantitative estimate of drug-likeness (QED) is 0.390. The first-order chi connectivity index (χ1) is 17.0. The predicted molar refractivity (Wildman–Crippen MR) is 141 cm³/mol. The Morgan fingerprint density at radius 3 is 2.40 bits per heavy atom. The Kier molecular flexibility index (Phi) is 6.43. The average Bonchev–Trinajstić information content (AvgIpc) is 3.48. The van der Waals surface area contributed by atoms with Crippen molar-refractivity contribution in [3.05, 3.63) is 97.0 Å². The van der Waals surface area contributed by atoms with Crippen LogP contribution in [0.2, 0.25) is 0 Å². The molecule has 2 aromatic heterocycles. The second kappa shape index (κ2) is 9.66. The third-order valence-electron chi connectivity index (χ3n) is 6.83. The van der Waals surface area contributed by atoms with Crippen molar-refractivity contribution in [3.8, 4) is 5.69 Å². The maximum absolute atomic E-state index is 13.8. The zero-order chi connectivity index (χ0) is 24.5. The van der Waals surface area contributed by atoms with Crippen LogP contribution in [0.25, 0.3) is 15.9 Å². The van der Waals surface area contributed by atoms with Crippen molar-refractivity contribution >= 4 is 27.5 Å². The van der Waals surface area contributed by atoms with E-state index in [-0.39, 0.29) is 18.0 Å². The highest BCUT2D eigenvalue weighted by Crippen LogP contribution is 2.35. The number of likely N-dealkylation sites (N-methyl/N-ethyl adjacent to an activating group) is 1. The molecule has 35 heavy (non-hydrogen) atoms. The molecule has 180 valence electrons. The van der Waals surface area contributed by atoms with Crippen molar-refractivity contribution in [1.29, 1.82) is 0 Å². The fourth-order valence-corrected chi connectivity index (χ4v) is 6.24. The number of rotatable bonds is 7. The summed E-state index contributed by atoms with van der Waals surface area (Å²) in [6, 6.07) is 17.4. The van der Waals surface area contributed by atoms with Gasteiger partial charge < -0.3 is 4.90 Å². The molecule has 0 aliphatic heterocycles. The lowest BCUT2D eigenvalue weighted by Gasteiger charge is -2.22. The van der Waals surface area contributed by atoms with Gasteiger partial charge in [0.25, 0.3) is 5.56 Å². The van der Waals surface area contributed by atoms with Crippen LogP contribution in [0.4, 0.5) is 0 Å². The molecule has 4 aromatic rings. The van der Waals surface area contributed by atoms with Crippen molar-refractivity contribution in [3.63, 3.8) is 0 Å². The molecule has 5 rings (SSSR count). The van der Waals surface area contributed by atoms with Gasteiger partial charge in [-0.1, -0.05) is 49.4 Å². The van der Waals surface area contributed by atoms with Crippen LogP contribution in [-0.4, -0.2) is 26.5 Å². The Labute approximate surface area is 208 Å². The van der Waals surface area contributed by atoms with E-state index in [1.165, 1.54) is 20.5 Å². The molecule has 1 aliphatic rings. The molecular formula is C28H29N3O3S. The number of benzene rings is 2. The number of carbonyl (C=O) groups is 1. The van der Waals surface area contributed by atoms with E-state index in [2.05, 4.69) is 6.92 Å². The fourth-order valence-electron chi connectivity index (χ4n) is 4.87. The molecule has 6 nitrogen and oxygen atoms in total. The van der Waals surface area contributed by atoms with Crippen LogP contribution >= 0.6 is 11.3 Å². The lowest BCUT2D eigenvalue weighted by molar-refractivity contribution is -0.132. The van der Waals surface area contributed by atoms with Gasteiger partial charge >= 0.3 is 5.69 Å². The molecular weight excluding hydrogens is 458 g/mol. The van der Waals surface area contributed by atoms with Crippen LogP contribution in [0.5, 0.6) is 0 Å². The van der Waals surface area contributed by atoms with Crippen LogP contribution in [-0.2, 0) is 37.1 Å². The standard InChI is InChI=1S/C28H29N3O3S/c1-3-19-13-15-21(16-14-19)31-26(33)25-22-11-8-12-23(22)35-27(25)30(28(31)34)18-24(32)29(4-2)17-20-9-6-5-7-10-20/h5-7,9-10,13-16H,3-4,8,11-12,17-18H2,1-2H3. The van der Waals surface area contributed by atoms with E-state index < -0.39 is 5.69 Å². The topological polar surface area (TPSA) is 64.3 Å². The predicted octanol–water partition coefficient (Wildman–Crippen LogP) is 4.31. The van der Waals surface area contributed by atoms with E-state index in [0.29, 0.717) is 29.0 Å². The van der Waals surface area contributed by atoms with Crippen molar-refractivity contribution in [2.45, 2.75) is 52.6 Å². The van der Waals surface area contributed by atoms with Gasteiger partial charge in [-0.05, 0) is 61.4 Å². The number of aromatic nitrogens is 2. The third kappa shape index (κ3) is 4.25. The second-order valence-corrected chi connectivity index (χ2v) is 10.0. The van der Waals surface area contributed by atoms with Crippen molar-refractivity contribution in [2.75, 3.05) is 6.54 Å². The molecule has 0 radical (unpaired) electrons. The van der Waals surface area contributed by atoms with Crippen molar-refractivity contribution in [2.24, 2.45) is 0 Å². The van der Waals surface area contributed by atoms with Crippen LogP contribution < -0.4 is 11.2 Å². The number of thiophene rings is 1. The van der Waals surface area contributed by atoms with Gasteiger partial charge in [0.1, 0.15) is 11.4 Å². The number of hydrogen-bond donors (Lipinski definition) is 0. The summed E-state index contributed by atoms with van der Waals surface area (Å²) in [5, 5.41) is 0.598. The molecule has 7 heteroatoms. The normalized spacial score (nSPS) is 12.7. The Balaban J connectivity index is 1.62. The number of carbonyl (C=O) groups excluding carboxylic acids is 1. The minimum atomic E-state index is -0.462. The fraction of sp³-hybridized carbons (Fsp3) is 0.321. The minimum absolute atomic E-state index is 0.0945. The van der Waals surface area contributed by atoms with Crippen molar-refractivity contribution in [1.82, 2.24) is 14.0 Å². The highest BCUT2D eigenvalue weighted by molar-refractivity contribution is 7.19. The Morgan fingerprint density at radius 1 is 0.971 bits per heavy atom. The summed E-state index contributed by atoms with van der Waals surface area (Å²) >= 11 is 1.50. The van der Waals surface area contributed by atoms with E-state index in [0.717, 1.165) is 47.3 Å². The van der Waals surface area contributed by atoms with Gasteiger partial charge in [-0.25, -0.2) is 9.36 Å². The number of amides is 1. The van der Waals surface area contributed by atoms with E-state index in [1.54, 1.807) is 4.90 Å². The maximum Gasteiger partial charge on any atom is 0.337 e. The molecule has 2 heterocycles. The molecule has 0 fully saturated rings. The summed E-state index contributed by atoms with van der Waals surface area (Å²) in [6.07, 6.45) is 3.64. The second-order valence-electron chi connectivity index (χ2n) is 8.96. The van der Waals surface area contributed by atoms with Gasteiger partial charge in [0.2, 0.25) is 5.91 Å². The maximum atomic E-state index is 13.8. The first-order valence-electron chi connectivity index (χ1n) is 12.2. The number of aryl methyl sites for hydroxylation is 3. The molecule has 0 saturated carbocycles. The van der Waals surface area contributed by atoms with E-state index >= 15 is 0 Å². The van der Waals surface area contributed by atoms with Gasteiger partial charge in [-0.15, -0.1) is 11.3 Å². The Hall–Kier alpha value is -3.45. The third-order valence-corrected chi connectivity index (χ3v) is 8.15. The summed E-state index contributed by atoms with van der Waals surface area (Å²) in [7, 11) is 0. The smallest absolute Gasteiger partial charge is 0.337 e. The van der Waals surface area contributed by atoms with E-state index in [1.807, 2.05) is 61.5 Å². The molecule has 2 aromatic carbocycles. The first-order valence-corrected chi connectivity index (χ1v) is 13.0. The Morgan fingerprint density at radius 2 is 1.71 bits per heavy atom. The number of nitrogens with zero attached hydrogens (tertiary/aromatic N) is 3. The SMILES string of the molecule is CCc1ccc(-n2c(=O)c3c4c(sc3n(CC(=O)N(CC)Cc3ccccc3)c2=O)CCC4)cc1. The van der Waals surface area contributed by atoms with Crippen LogP contribution in [0.3, 0.4) is 0 Å². The monoisotopic (exact) mass is 487 g/mol. The zero-order valence-electron chi connectivity index (χ0n) is 20.1. The van der Waals surface area contributed by atoms with Crippen LogP contribution in [0, 0.1) is 0 Å². The minimum Gasteiger partial charge on any atom is -0.337 e. The summed E-state index contributed by atoms with van der Waals surface area (Å²) in [6.45, 7) is 4.92. The van der Waals surface area contributed by atoms with Crippen LogP contribution in [0.1, 0.15) is 41.8 Å². The van der Waals surface area contributed by atoms with Gasteiger partial charge in [0, 0.05) is 18.0 Å². The summed E-state index contributed by atoms with van der Waals surface area (Å²) in [5.74, 6) is -0.139. The molecule has 0 spiro atoms. The lowest BCUT2D eigenvalue weighted by Crippen LogP contribution is -2.42. The molecule has 0 saturated heterocycles. The number of hydrogen-bond acceptors (Lipinski definition) is 4. The lowest BCUT2D eigenvalue weighted by atomic mass is 10.1.